The van der Waals surface area contributed by atoms with Crippen molar-refractivity contribution in [1.82, 2.24) is 30.0 Å². The summed E-state index contributed by atoms with van der Waals surface area (Å²) in [5.74, 6) is 0. The molecule has 2 aromatic rings. The van der Waals surface area contributed by atoms with Gasteiger partial charge in [-0.15, -0.1) is 14.9 Å². The summed E-state index contributed by atoms with van der Waals surface area (Å²) in [5, 5.41) is 13.7. The standard InChI is InChI=1S/C6H2Cl4N6O/c7-4-3(6(8,9)10)12-14-16(4)5(17)15-2-1-11-13-15/h1-2H. The van der Waals surface area contributed by atoms with Gasteiger partial charge in [-0.25, -0.2) is 4.79 Å². The number of carbonyl (C=O) groups excluding carboxylic acids is 1. The van der Waals surface area contributed by atoms with E-state index in [1.165, 1.54) is 12.4 Å². The molecule has 7 nitrogen and oxygen atoms in total. The summed E-state index contributed by atoms with van der Waals surface area (Å²) in [6, 6.07) is -0.694. The van der Waals surface area contributed by atoms with Gasteiger partial charge < -0.3 is 0 Å². The highest BCUT2D eigenvalue weighted by molar-refractivity contribution is 6.67. The topological polar surface area (TPSA) is 78.5 Å². The molecule has 0 amide bonds. The van der Waals surface area contributed by atoms with Crippen molar-refractivity contribution in [1.29, 1.82) is 0 Å². The fraction of sp³-hybridized carbons (Fsp3) is 0.167. The van der Waals surface area contributed by atoms with E-state index in [1.807, 2.05) is 0 Å². The predicted molar refractivity (Wildman–Crippen MR) is 60.5 cm³/mol. The van der Waals surface area contributed by atoms with E-state index in [-0.39, 0.29) is 10.8 Å². The fourth-order valence-corrected chi connectivity index (χ4v) is 1.79. The Morgan fingerprint density at radius 2 is 2.00 bits per heavy atom. The molecule has 0 saturated carbocycles. The predicted octanol–water partition coefficient (Wildman–Crippen LogP) is 1.87. The van der Waals surface area contributed by atoms with E-state index in [1.54, 1.807) is 0 Å². The second-order valence-electron chi connectivity index (χ2n) is 2.77. The lowest BCUT2D eigenvalue weighted by molar-refractivity contribution is 0.237. The summed E-state index contributed by atoms with van der Waals surface area (Å²) >= 11 is 22.6. The van der Waals surface area contributed by atoms with Gasteiger partial charge in [0.05, 0.1) is 12.4 Å². The van der Waals surface area contributed by atoms with Gasteiger partial charge in [0.25, 0.3) is 0 Å². The summed E-state index contributed by atoms with van der Waals surface area (Å²) in [7, 11) is 0. The molecule has 0 fully saturated rings. The molecule has 17 heavy (non-hydrogen) atoms. The molecule has 90 valence electrons. The number of rotatable bonds is 0. The molecule has 0 aliphatic carbocycles. The average molecular weight is 316 g/mol. The Balaban J connectivity index is 2.42. The van der Waals surface area contributed by atoms with Crippen molar-refractivity contribution in [2.45, 2.75) is 3.79 Å². The van der Waals surface area contributed by atoms with E-state index < -0.39 is 9.82 Å². The number of halogens is 4. The highest BCUT2D eigenvalue weighted by Gasteiger charge is 2.33. The van der Waals surface area contributed by atoms with Crippen LogP contribution in [-0.4, -0.2) is 36.0 Å². The Morgan fingerprint density at radius 1 is 1.29 bits per heavy atom. The van der Waals surface area contributed by atoms with E-state index in [9.17, 15) is 4.79 Å². The maximum Gasteiger partial charge on any atom is 0.373 e. The van der Waals surface area contributed by atoms with Gasteiger partial charge in [-0.2, -0.15) is 4.68 Å². The molecule has 0 aromatic carbocycles. The van der Waals surface area contributed by atoms with E-state index in [4.69, 9.17) is 46.4 Å². The van der Waals surface area contributed by atoms with Crippen LogP contribution in [-0.2, 0) is 3.79 Å². The minimum atomic E-state index is -1.86. The van der Waals surface area contributed by atoms with Gasteiger partial charge in [-0.1, -0.05) is 56.8 Å². The molecule has 0 aliphatic rings. The Morgan fingerprint density at radius 3 is 2.47 bits per heavy atom. The van der Waals surface area contributed by atoms with Gasteiger partial charge in [-0.3, -0.25) is 0 Å². The minimum Gasteiger partial charge on any atom is -0.243 e. The van der Waals surface area contributed by atoms with Crippen molar-refractivity contribution in [3.63, 3.8) is 0 Å². The van der Waals surface area contributed by atoms with Gasteiger partial charge in [0.15, 0.2) is 10.8 Å². The van der Waals surface area contributed by atoms with Crippen molar-refractivity contribution < 1.29 is 4.79 Å². The zero-order valence-corrected chi connectivity index (χ0v) is 10.8. The number of hydrogen-bond donors (Lipinski definition) is 0. The minimum absolute atomic E-state index is 0.141. The summed E-state index contributed by atoms with van der Waals surface area (Å²) in [6.45, 7) is 0. The molecule has 2 heterocycles. The average Bonchev–Trinajstić information content (AvgIpc) is 2.83. The number of aromatic nitrogens is 6. The van der Waals surface area contributed by atoms with E-state index in [2.05, 4.69) is 20.6 Å². The zero-order chi connectivity index (χ0) is 12.6. The number of nitrogens with zero attached hydrogens (tertiary/aromatic N) is 6. The molecule has 0 radical (unpaired) electrons. The third-order valence-corrected chi connectivity index (χ3v) is 2.56. The molecule has 0 saturated heterocycles. The molecule has 0 N–H and O–H groups in total. The lowest BCUT2D eigenvalue weighted by atomic mass is 10.5. The molecule has 0 spiro atoms. The second kappa shape index (κ2) is 4.41. The van der Waals surface area contributed by atoms with E-state index in [0.717, 1.165) is 9.36 Å². The van der Waals surface area contributed by atoms with Crippen LogP contribution in [0.2, 0.25) is 5.15 Å². The van der Waals surface area contributed by atoms with E-state index >= 15 is 0 Å². The summed E-state index contributed by atoms with van der Waals surface area (Å²) in [6.07, 6.45) is 2.63. The van der Waals surface area contributed by atoms with Crippen molar-refractivity contribution in [2.24, 2.45) is 0 Å². The van der Waals surface area contributed by atoms with Crippen LogP contribution in [0.25, 0.3) is 0 Å². The third-order valence-electron chi connectivity index (χ3n) is 1.68. The summed E-state index contributed by atoms with van der Waals surface area (Å²) in [5.41, 5.74) is -0.141. The molecule has 0 atom stereocenters. The molecule has 0 aliphatic heterocycles. The number of carbonyl (C=O) groups is 1. The lowest BCUT2D eigenvalue weighted by Crippen LogP contribution is -2.21. The Bertz CT molecular complexity index is 543. The van der Waals surface area contributed by atoms with Crippen molar-refractivity contribution >= 4 is 52.4 Å². The van der Waals surface area contributed by atoms with Gasteiger partial charge in [0.1, 0.15) is 0 Å². The smallest absolute Gasteiger partial charge is 0.243 e. The highest BCUT2D eigenvalue weighted by atomic mass is 35.6. The number of alkyl halides is 3. The summed E-state index contributed by atoms with van der Waals surface area (Å²) < 4.78 is -0.214. The van der Waals surface area contributed by atoms with Gasteiger partial charge in [0.2, 0.25) is 3.79 Å². The monoisotopic (exact) mass is 314 g/mol. The molecular formula is C6H2Cl4N6O. The van der Waals surface area contributed by atoms with Crippen LogP contribution in [0.5, 0.6) is 0 Å². The van der Waals surface area contributed by atoms with Gasteiger partial charge in [-0.05, 0) is 0 Å². The van der Waals surface area contributed by atoms with Crippen molar-refractivity contribution in [3.05, 3.63) is 23.2 Å². The normalized spacial score (nSPS) is 11.8. The first-order valence-electron chi connectivity index (χ1n) is 4.00. The fourth-order valence-electron chi connectivity index (χ4n) is 0.973. The summed E-state index contributed by atoms with van der Waals surface area (Å²) in [4.78, 5) is 11.8. The second-order valence-corrected chi connectivity index (χ2v) is 5.41. The Labute approximate surface area is 114 Å². The van der Waals surface area contributed by atoms with Crippen LogP contribution in [0.3, 0.4) is 0 Å². The molecular weight excluding hydrogens is 314 g/mol. The Hall–Kier alpha value is -0.890. The molecule has 2 rings (SSSR count). The largest absolute Gasteiger partial charge is 0.373 e. The molecule has 2 aromatic heterocycles. The molecule has 0 bridgehead atoms. The molecule has 11 heteroatoms. The lowest BCUT2D eigenvalue weighted by Gasteiger charge is -2.06. The first-order valence-corrected chi connectivity index (χ1v) is 5.52. The van der Waals surface area contributed by atoms with Gasteiger partial charge >= 0.3 is 6.03 Å². The van der Waals surface area contributed by atoms with Gasteiger partial charge in [0, 0.05) is 0 Å². The first kappa shape index (κ1) is 12.6. The third kappa shape index (κ3) is 2.37. The maximum atomic E-state index is 11.8. The zero-order valence-electron chi connectivity index (χ0n) is 7.76. The van der Waals surface area contributed by atoms with Crippen molar-refractivity contribution in [3.8, 4) is 0 Å². The van der Waals surface area contributed by atoms with Crippen LogP contribution in [0, 0.1) is 0 Å². The number of hydrogen-bond acceptors (Lipinski definition) is 5. The van der Waals surface area contributed by atoms with Crippen LogP contribution in [0.4, 0.5) is 4.79 Å². The van der Waals surface area contributed by atoms with Crippen LogP contribution >= 0.6 is 46.4 Å². The SMILES string of the molecule is O=C(n1ccnn1)n1nnc(C(Cl)(Cl)Cl)c1Cl. The van der Waals surface area contributed by atoms with Crippen LogP contribution in [0.15, 0.2) is 12.4 Å². The Kier molecular flexibility index (Phi) is 3.26. The van der Waals surface area contributed by atoms with E-state index in [0.29, 0.717) is 0 Å². The first-order chi connectivity index (χ1) is 7.91. The highest BCUT2D eigenvalue weighted by Crippen LogP contribution is 2.40. The van der Waals surface area contributed by atoms with Crippen LogP contribution < -0.4 is 0 Å². The quantitative estimate of drug-likeness (QED) is 0.693. The van der Waals surface area contributed by atoms with Crippen LogP contribution in [0.1, 0.15) is 5.69 Å². The molecule has 0 unspecified atom stereocenters. The maximum absolute atomic E-state index is 11.8. The van der Waals surface area contributed by atoms with Crippen molar-refractivity contribution in [2.75, 3.05) is 0 Å².